The highest BCUT2D eigenvalue weighted by atomic mass is 16.4. The van der Waals surface area contributed by atoms with Crippen LogP contribution in [-0.4, -0.2) is 50.2 Å². The summed E-state index contributed by atoms with van der Waals surface area (Å²) in [5.41, 5.74) is -0.813. The third kappa shape index (κ3) is 3.06. The summed E-state index contributed by atoms with van der Waals surface area (Å²) in [6.45, 7) is 4.67. The van der Waals surface area contributed by atoms with Crippen LogP contribution in [0.5, 0.6) is 0 Å². The molecule has 1 amide bonds. The van der Waals surface area contributed by atoms with E-state index in [1.54, 1.807) is 4.90 Å². The highest BCUT2D eigenvalue weighted by Gasteiger charge is 2.46. The summed E-state index contributed by atoms with van der Waals surface area (Å²) >= 11 is 0. The molecule has 0 bridgehead atoms. The van der Waals surface area contributed by atoms with E-state index in [-0.39, 0.29) is 18.3 Å². The first-order valence-electron chi connectivity index (χ1n) is 7.46. The molecule has 1 unspecified atom stereocenters. The molecule has 1 fully saturated rings. The van der Waals surface area contributed by atoms with E-state index in [0.717, 1.165) is 19.3 Å². The lowest BCUT2D eigenvalue weighted by Crippen LogP contribution is -2.37. The number of aromatic amines is 1. The number of amides is 1. The fraction of sp³-hybridized carbons (Fsp3) is 0.714. The number of nitrogens with one attached hydrogen (secondary N) is 1. The normalized spacial score (nSPS) is 21.7. The topological polar surface area (TPSA) is 99.2 Å². The van der Waals surface area contributed by atoms with Gasteiger partial charge in [0.25, 0.3) is 5.91 Å². The Morgan fingerprint density at radius 3 is 2.76 bits per heavy atom. The Bertz CT molecular complexity index is 528. The SMILES string of the molecule is CCCc1nc(C(=O)N2CCC(CCC)(C(=O)O)C2)n[nH]1. The lowest BCUT2D eigenvalue weighted by Gasteiger charge is -2.23. The van der Waals surface area contributed by atoms with E-state index in [2.05, 4.69) is 15.2 Å². The number of carbonyl (C=O) groups excluding carboxylic acids is 1. The summed E-state index contributed by atoms with van der Waals surface area (Å²) in [5, 5.41) is 16.2. The third-order valence-corrected chi connectivity index (χ3v) is 4.03. The Labute approximate surface area is 123 Å². The number of carboxylic acid groups (broad SMARTS) is 1. The smallest absolute Gasteiger partial charge is 0.311 e. The van der Waals surface area contributed by atoms with Crippen LogP contribution in [0.1, 0.15) is 56.0 Å². The average Bonchev–Trinajstić information content (AvgIpc) is 3.07. The average molecular weight is 294 g/mol. The molecule has 21 heavy (non-hydrogen) atoms. The van der Waals surface area contributed by atoms with Crippen molar-refractivity contribution in [3.8, 4) is 0 Å². The summed E-state index contributed by atoms with van der Waals surface area (Å²) in [4.78, 5) is 29.6. The van der Waals surface area contributed by atoms with Crippen LogP contribution >= 0.6 is 0 Å². The minimum Gasteiger partial charge on any atom is -0.481 e. The molecule has 1 aliphatic heterocycles. The highest BCUT2D eigenvalue weighted by Crippen LogP contribution is 2.35. The van der Waals surface area contributed by atoms with E-state index in [1.165, 1.54) is 0 Å². The highest BCUT2D eigenvalue weighted by molar-refractivity contribution is 5.91. The van der Waals surface area contributed by atoms with E-state index in [1.807, 2.05) is 13.8 Å². The first-order valence-corrected chi connectivity index (χ1v) is 7.46. The standard InChI is InChI=1S/C14H22N4O3/c1-3-5-10-15-11(17-16-10)12(19)18-8-7-14(9-18,6-4-2)13(20)21/h3-9H2,1-2H3,(H,20,21)(H,15,16,17). The summed E-state index contributed by atoms with van der Waals surface area (Å²) in [6, 6.07) is 0. The number of hydrogen-bond acceptors (Lipinski definition) is 4. The lowest BCUT2D eigenvalue weighted by molar-refractivity contribution is -0.148. The zero-order valence-corrected chi connectivity index (χ0v) is 12.6. The molecular weight excluding hydrogens is 272 g/mol. The van der Waals surface area contributed by atoms with Gasteiger partial charge in [-0.15, -0.1) is 5.10 Å². The number of carbonyl (C=O) groups is 2. The number of H-pyrrole nitrogens is 1. The van der Waals surface area contributed by atoms with Crippen LogP contribution in [0.4, 0.5) is 0 Å². The zero-order chi connectivity index (χ0) is 15.5. The molecule has 1 aromatic heterocycles. The molecule has 2 N–H and O–H groups in total. The fourth-order valence-electron chi connectivity index (χ4n) is 2.89. The Kier molecular flexibility index (Phi) is 4.59. The maximum absolute atomic E-state index is 12.4. The van der Waals surface area contributed by atoms with Gasteiger partial charge in [0.2, 0.25) is 5.82 Å². The van der Waals surface area contributed by atoms with Gasteiger partial charge in [-0.2, -0.15) is 0 Å². The van der Waals surface area contributed by atoms with Gasteiger partial charge in [-0.25, -0.2) is 4.98 Å². The van der Waals surface area contributed by atoms with Gasteiger partial charge in [0.1, 0.15) is 5.82 Å². The van der Waals surface area contributed by atoms with Crippen LogP contribution < -0.4 is 0 Å². The number of aryl methyl sites for hydroxylation is 1. The van der Waals surface area contributed by atoms with Gasteiger partial charge in [-0.1, -0.05) is 20.3 Å². The van der Waals surface area contributed by atoms with Gasteiger partial charge in [0.05, 0.1) is 5.41 Å². The van der Waals surface area contributed by atoms with E-state index < -0.39 is 11.4 Å². The van der Waals surface area contributed by atoms with Crippen molar-refractivity contribution in [2.75, 3.05) is 13.1 Å². The molecular formula is C14H22N4O3. The number of rotatable bonds is 6. The van der Waals surface area contributed by atoms with Gasteiger partial charge in [0.15, 0.2) is 0 Å². The van der Waals surface area contributed by atoms with Crippen molar-refractivity contribution >= 4 is 11.9 Å². The number of carboxylic acids is 1. The van der Waals surface area contributed by atoms with Crippen molar-refractivity contribution in [2.45, 2.75) is 46.0 Å². The summed E-state index contributed by atoms with van der Waals surface area (Å²) in [5.74, 6) is -0.275. The van der Waals surface area contributed by atoms with Crippen LogP contribution in [0.2, 0.25) is 0 Å². The molecule has 1 atom stereocenters. The van der Waals surface area contributed by atoms with E-state index in [4.69, 9.17) is 0 Å². The maximum Gasteiger partial charge on any atom is 0.311 e. The van der Waals surface area contributed by atoms with Crippen LogP contribution in [0.15, 0.2) is 0 Å². The van der Waals surface area contributed by atoms with Gasteiger partial charge in [-0.3, -0.25) is 14.7 Å². The van der Waals surface area contributed by atoms with Gasteiger partial charge in [0, 0.05) is 19.5 Å². The fourth-order valence-corrected chi connectivity index (χ4v) is 2.89. The molecule has 0 spiro atoms. The van der Waals surface area contributed by atoms with Gasteiger partial charge < -0.3 is 10.0 Å². The van der Waals surface area contributed by atoms with Gasteiger partial charge >= 0.3 is 5.97 Å². The molecule has 1 aromatic rings. The van der Waals surface area contributed by atoms with Crippen LogP contribution in [-0.2, 0) is 11.2 Å². The maximum atomic E-state index is 12.4. The second-order valence-corrected chi connectivity index (χ2v) is 5.67. The molecule has 116 valence electrons. The Morgan fingerprint density at radius 2 is 2.14 bits per heavy atom. The summed E-state index contributed by atoms with van der Waals surface area (Å²) in [6.07, 6.45) is 3.53. The molecule has 1 aliphatic rings. The minimum absolute atomic E-state index is 0.135. The molecule has 2 rings (SSSR count). The van der Waals surface area contributed by atoms with E-state index in [0.29, 0.717) is 25.2 Å². The second kappa shape index (κ2) is 6.24. The number of aliphatic carboxylic acids is 1. The molecule has 7 nitrogen and oxygen atoms in total. The van der Waals surface area contributed by atoms with E-state index >= 15 is 0 Å². The number of hydrogen-bond donors (Lipinski definition) is 2. The van der Waals surface area contributed by atoms with Crippen LogP contribution in [0.25, 0.3) is 0 Å². The quantitative estimate of drug-likeness (QED) is 0.827. The molecule has 2 heterocycles. The number of aromatic nitrogens is 3. The number of nitrogens with zero attached hydrogens (tertiary/aromatic N) is 3. The second-order valence-electron chi connectivity index (χ2n) is 5.67. The number of likely N-dealkylation sites (tertiary alicyclic amines) is 1. The van der Waals surface area contributed by atoms with Crippen molar-refractivity contribution in [1.82, 2.24) is 20.1 Å². The summed E-state index contributed by atoms with van der Waals surface area (Å²) < 4.78 is 0. The van der Waals surface area contributed by atoms with E-state index in [9.17, 15) is 14.7 Å². The first-order chi connectivity index (χ1) is 10.0. The third-order valence-electron chi connectivity index (χ3n) is 4.03. The van der Waals surface area contributed by atoms with Crippen LogP contribution in [0.3, 0.4) is 0 Å². The molecule has 0 saturated carbocycles. The molecule has 7 heteroatoms. The minimum atomic E-state index is -0.818. The Balaban J connectivity index is 2.08. The predicted octanol–water partition coefficient (Wildman–Crippen LogP) is 1.47. The van der Waals surface area contributed by atoms with Crippen molar-refractivity contribution < 1.29 is 14.7 Å². The largest absolute Gasteiger partial charge is 0.481 e. The molecule has 1 saturated heterocycles. The first kappa shape index (κ1) is 15.5. The van der Waals surface area contributed by atoms with Crippen LogP contribution in [0, 0.1) is 5.41 Å². The van der Waals surface area contributed by atoms with Crippen molar-refractivity contribution in [3.63, 3.8) is 0 Å². The monoisotopic (exact) mass is 294 g/mol. The Morgan fingerprint density at radius 1 is 1.38 bits per heavy atom. The predicted molar refractivity (Wildman–Crippen MR) is 75.9 cm³/mol. The van der Waals surface area contributed by atoms with Crippen molar-refractivity contribution in [1.29, 1.82) is 0 Å². The van der Waals surface area contributed by atoms with Crippen molar-refractivity contribution in [2.24, 2.45) is 5.41 Å². The molecule has 0 aromatic carbocycles. The Hall–Kier alpha value is -1.92. The molecule has 0 aliphatic carbocycles. The van der Waals surface area contributed by atoms with Crippen molar-refractivity contribution in [3.05, 3.63) is 11.6 Å². The lowest BCUT2D eigenvalue weighted by atomic mass is 9.83. The van der Waals surface area contributed by atoms with Gasteiger partial charge in [-0.05, 0) is 19.3 Å². The summed E-state index contributed by atoms with van der Waals surface area (Å²) in [7, 11) is 0. The molecule has 0 radical (unpaired) electrons. The zero-order valence-electron chi connectivity index (χ0n) is 12.6.